The first kappa shape index (κ1) is 26.5. The van der Waals surface area contributed by atoms with E-state index >= 15 is 0 Å². The van der Waals surface area contributed by atoms with Crippen molar-refractivity contribution in [1.29, 1.82) is 0 Å². The summed E-state index contributed by atoms with van der Waals surface area (Å²) in [4.78, 5) is 40.5. The van der Waals surface area contributed by atoms with Crippen LogP contribution in [0.15, 0.2) is 77.3 Å². The summed E-state index contributed by atoms with van der Waals surface area (Å²) in [6.07, 6.45) is 0.113. The number of amides is 1. The van der Waals surface area contributed by atoms with Gasteiger partial charge in [-0.1, -0.05) is 74.5 Å². The Morgan fingerprint density at radius 1 is 0.868 bits per heavy atom. The molecule has 0 aliphatic heterocycles. The lowest BCUT2D eigenvalue weighted by molar-refractivity contribution is -0.139. The van der Waals surface area contributed by atoms with Crippen LogP contribution >= 0.6 is 0 Å². The number of carbonyl (C=O) groups excluding carboxylic acids is 2. The number of hydrogen-bond acceptors (Lipinski definition) is 6. The highest BCUT2D eigenvalue weighted by Crippen LogP contribution is 2.24. The number of carboxylic acid groups (broad SMARTS) is 1. The molecule has 1 amide bonds. The largest absolute Gasteiger partial charge is 0.480 e. The van der Waals surface area contributed by atoms with Crippen LogP contribution in [0.2, 0.25) is 0 Å². The molecule has 8 nitrogen and oxygen atoms in total. The van der Waals surface area contributed by atoms with Gasteiger partial charge in [-0.05, 0) is 47.7 Å². The Morgan fingerprint density at radius 2 is 1.45 bits per heavy atom. The lowest BCUT2D eigenvalue weighted by Crippen LogP contribution is -2.42. The van der Waals surface area contributed by atoms with E-state index in [1.165, 1.54) is 6.92 Å². The van der Waals surface area contributed by atoms with Gasteiger partial charge in [-0.3, -0.25) is 9.59 Å². The van der Waals surface area contributed by atoms with Gasteiger partial charge in [0.1, 0.15) is 6.04 Å². The number of carbonyl (C=O) groups is 3. The minimum atomic E-state index is -1.12. The summed E-state index contributed by atoms with van der Waals surface area (Å²) in [5, 5.41) is 16.4. The molecule has 0 radical (unpaired) electrons. The molecule has 1 atom stereocenters. The van der Waals surface area contributed by atoms with Gasteiger partial charge < -0.3 is 14.9 Å². The van der Waals surface area contributed by atoms with Crippen molar-refractivity contribution in [2.45, 2.75) is 45.6 Å². The van der Waals surface area contributed by atoms with Crippen LogP contribution in [-0.2, 0) is 16.6 Å². The van der Waals surface area contributed by atoms with E-state index in [9.17, 15) is 19.5 Å². The quantitative estimate of drug-likeness (QED) is 0.307. The number of aliphatic carboxylic acids is 1. The molecule has 194 valence electrons. The van der Waals surface area contributed by atoms with Crippen molar-refractivity contribution in [1.82, 2.24) is 15.5 Å². The van der Waals surface area contributed by atoms with Crippen LogP contribution in [0.3, 0.4) is 0 Å². The zero-order chi connectivity index (χ0) is 27.4. The molecule has 0 fully saturated rings. The molecule has 3 aromatic carbocycles. The predicted octanol–water partition coefficient (Wildman–Crippen LogP) is 5.33. The summed E-state index contributed by atoms with van der Waals surface area (Å²) in [7, 11) is 0. The van der Waals surface area contributed by atoms with Crippen molar-refractivity contribution in [2.24, 2.45) is 0 Å². The molecule has 4 aromatic rings. The Labute approximate surface area is 220 Å². The first-order valence-corrected chi connectivity index (χ1v) is 12.2. The van der Waals surface area contributed by atoms with Crippen LogP contribution < -0.4 is 5.32 Å². The molecular formula is C30H29N3O5. The van der Waals surface area contributed by atoms with Crippen LogP contribution in [0.4, 0.5) is 0 Å². The first-order chi connectivity index (χ1) is 18.0. The molecule has 0 spiro atoms. The molecule has 0 unspecified atom stereocenters. The summed E-state index contributed by atoms with van der Waals surface area (Å²) < 4.78 is 5.37. The Balaban J connectivity index is 1.42. The van der Waals surface area contributed by atoms with Crippen molar-refractivity contribution in [3.63, 3.8) is 0 Å². The lowest BCUT2D eigenvalue weighted by Gasteiger charge is -2.19. The molecule has 0 saturated heterocycles. The fourth-order valence-corrected chi connectivity index (χ4v) is 3.89. The molecule has 0 aliphatic carbocycles. The molecule has 1 aromatic heterocycles. The van der Waals surface area contributed by atoms with Crippen molar-refractivity contribution in [3.8, 4) is 22.8 Å². The zero-order valence-electron chi connectivity index (χ0n) is 21.7. The molecule has 4 rings (SSSR count). The SMILES string of the molecule is CC(=O)c1ccc(-c2nc(-c3ccc(C[C@H](NC(=O)c4ccc(C(C)(C)C)cc4)C(=O)O)cc3)no2)cc1. The minimum absolute atomic E-state index is 0.0256. The van der Waals surface area contributed by atoms with Crippen LogP contribution in [0.25, 0.3) is 22.8 Å². The summed E-state index contributed by atoms with van der Waals surface area (Å²) >= 11 is 0. The maximum absolute atomic E-state index is 12.7. The van der Waals surface area contributed by atoms with Crippen molar-refractivity contribution < 1.29 is 24.0 Å². The number of hydrogen-bond donors (Lipinski definition) is 2. The van der Waals surface area contributed by atoms with Crippen molar-refractivity contribution in [2.75, 3.05) is 0 Å². The molecule has 2 N–H and O–H groups in total. The van der Waals surface area contributed by atoms with Gasteiger partial charge in [0.15, 0.2) is 5.78 Å². The van der Waals surface area contributed by atoms with E-state index in [-0.39, 0.29) is 17.6 Å². The van der Waals surface area contributed by atoms with Gasteiger partial charge in [-0.15, -0.1) is 0 Å². The fourth-order valence-electron chi connectivity index (χ4n) is 3.89. The predicted molar refractivity (Wildman–Crippen MR) is 143 cm³/mol. The average Bonchev–Trinajstić information content (AvgIpc) is 3.38. The second-order valence-electron chi connectivity index (χ2n) is 10.1. The van der Waals surface area contributed by atoms with Gasteiger partial charge in [-0.2, -0.15) is 4.98 Å². The summed E-state index contributed by atoms with van der Waals surface area (Å²) in [6, 6.07) is 20.1. The molecule has 0 bridgehead atoms. The van der Waals surface area contributed by atoms with E-state index in [4.69, 9.17) is 4.52 Å². The maximum Gasteiger partial charge on any atom is 0.326 e. The monoisotopic (exact) mass is 511 g/mol. The highest BCUT2D eigenvalue weighted by molar-refractivity contribution is 5.96. The van der Waals surface area contributed by atoms with Crippen LogP contribution in [0, 0.1) is 0 Å². The third-order valence-corrected chi connectivity index (χ3v) is 6.23. The van der Waals surface area contributed by atoms with E-state index in [2.05, 4.69) is 36.2 Å². The molecule has 1 heterocycles. The van der Waals surface area contributed by atoms with E-state index in [1.807, 2.05) is 12.1 Å². The van der Waals surface area contributed by atoms with Crippen LogP contribution in [0.1, 0.15) is 59.5 Å². The van der Waals surface area contributed by atoms with Crippen molar-refractivity contribution >= 4 is 17.7 Å². The number of carboxylic acids is 1. The van der Waals surface area contributed by atoms with E-state index in [0.29, 0.717) is 34.0 Å². The Bertz CT molecular complexity index is 1450. The molecule has 38 heavy (non-hydrogen) atoms. The van der Waals surface area contributed by atoms with Gasteiger partial charge in [0.05, 0.1) is 0 Å². The fraction of sp³-hybridized carbons (Fsp3) is 0.233. The number of aromatic nitrogens is 2. The minimum Gasteiger partial charge on any atom is -0.480 e. The third-order valence-electron chi connectivity index (χ3n) is 6.23. The number of nitrogens with zero attached hydrogens (tertiary/aromatic N) is 2. The van der Waals surface area contributed by atoms with Crippen LogP contribution in [0.5, 0.6) is 0 Å². The first-order valence-electron chi connectivity index (χ1n) is 12.2. The van der Waals surface area contributed by atoms with Gasteiger partial charge in [0.2, 0.25) is 5.82 Å². The second-order valence-corrected chi connectivity index (χ2v) is 10.1. The van der Waals surface area contributed by atoms with Crippen molar-refractivity contribution in [3.05, 3.63) is 95.1 Å². The van der Waals surface area contributed by atoms with Crippen LogP contribution in [-0.4, -0.2) is 38.9 Å². The topological polar surface area (TPSA) is 122 Å². The van der Waals surface area contributed by atoms with Gasteiger partial charge >= 0.3 is 5.97 Å². The maximum atomic E-state index is 12.7. The number of nitrogens with one attached hydrogen (secondary N) is 1. The Morgan fingerprint density at radius 3 is 2.00 bits per heavy atom. The molecule has 0 aliphatic rings. The summed E-state index contributed by atoms with van der Waals surface area (Å²) in [5.74, 6) is -0.882. The summed E-state index contributed by atoms with van der Waals surface area (Å²) in [5.41, 5.74) is 4.16. The normalized spacial score (nSPS) is 12.1. The lowest BCUT2D eigenvalue weighted by atomic mass is 9.86. The summed E-state index contributed by atoms with van der Waals surface area (Å²) in [6.45, 7) is 7.75. The van der Waals surface area contributed by atoms with E-state index < -0.39 is 17.9 Å². The van der Waals surface area contributed by atoms with Gasteiger partial charge in [0.25, 0.3) is 11.8 Å². The van der Waals surface area contributed by atoms with Gasteiger partial charge in [0, 0.05) is 28.7 Å². The molecule has 8 heteroatoms. The highest BCUT2D eigenvalue weighted by Gasteiger charge is 2.22. The second kappa shape index (κ2) is 10.8. The molecular weight excluding hydrogens is 482 g/mol. The third kappa shape index (κ3) is 6.21. The zero-order valence-corrected chi connectivity index (χ0v) is 21.7. The highest BCUT2D eigenvalue weighted by atomic mass is 16.5. The smallest absolute Gasteiger partial charge is 0.326 e. The standard InChI is InChI=1S/C30H29N3O5/c1-18(34)20-9-11-23(12-10-20)28-32-26(33-38-28)21-7-5-19(6-8-21)17-25(29(36)37)31-27(35)22-13-15-24(16-14-22)30(2,3)4/h5-16,25H,17H2,1-4H3,(H,31,35)(H,36,37)/t25-/m0/s1. The van der Waals surface area contributed by atoms with Gasteiger partial charge in [-0.25, -0.2) is 4.79 Å². The van der Waals surface area contributed by atoms with E-state index in [0.717, 1.165) is 11.1 Å². The molecule has 0 saturated carbocycles. The number of ketones is 1. The van der Waals surface area contributed by atoms with E-state index in [1.54, 1.807) is 60.7 Å². The number of rotatable bonds is 8. The number of Topliss-reactive ketones (excluding diaryl/α,β-unsaturated/α-hetero) is 1. The number of benzene rings is 3. The Kier molecular flexibility index (Phi) is 7.52. The average molecular weight is 512 g/mol. The Hall–Kier alpha value is -4.59.